The number of thiophene rings is 1. The quantitative estimate of drug-likeness (QED) is 0.819. The molecule has 1 aromatic rings. The zero-order valence-corrected chi connectivity index (χ0v) is 11.4. The van der Waals surface area contributed by atoms with Crippen molar-refractivity contribution in [3.63, 3.8) is 0 Å². The summed E-state index contributed by atoms with van der Waals surface area (Å²) in [7, 11) is 0. The third kappa shape index (κ3) is 3.12. The molecule has 1 saturated carbocycles. The highest BCUT2D eigenvalue weighted by atomic mass is 32.1. The number of hydrogen-bond acceptors (Lipinski definition) is 3. The van der Waals surface area contributed by atoms with Crippen LogP contribution < -0.4 is 5.32 Å². The molecule has 1 heterocycles. The molecule has 0 aromatic carbocycles. The van der Waals surface area contributed by atoms with E-state index in [0.29, 0.717) is 10.8 Å². The summed E-state index contributed by atoms with van der Waals surface area (Å²) in [6.45, 7) is 3.83. The summed E-state index contributed by atoms with van der Waals surface area (Å²) in [6, 6.07) is 2.12. The average Bonchev–Trinajstić information content (AvgIpc) is 3.11. The van der Waals surface area contributed by atoms with Gasteiger partial charge >= 0.3 is 0 Å². The topological polar surface area (TPSA) is 49.3 Å². The molecule has 1 amide bonds. The van der Waals surface area contributed by atoms with Crippen molar-refractivity contribution in [1.82, 2.24) is 5.32 Å². The minimum atomic E-state index is -0.155. The first kappa shape index (κ1) is 13.1. The Bertz CT molecular complexity index is 506. The minimum absolute atomic E-state index is 0.0143. The molecule has 1 aromatic heterocycles. The van der Waals surface area contributed by atoms with Gasteiger partial charge in [-0.05, 0) is 44.2 Å². The number of carbonyl (C=O) groups excluding carboxylic acids is 1. The molecule has 4 heteroatoms. The molecule has 2 N–H and O–H groups in total. The molecule has 1 fully saturated rings. The summed E-state index contributed by atoms with van der Waals surface area (Å²) < 4.78 is 0. The molecule has 96 valence electrons. The van der Waals surface area contributed by atoms with Crippen LogP contribution in [0.3, 0.4) is 0 Å². The van der Waals surface area contributed by atoms with Crippen LogP contribution in [-0.4, -0.2) is 23.7 Å². The largest absolute Gasteiger partial charge is 0.384 e. The predicted molar refractivity (Wildman–Crippen MR) is 72.7 cm³/mol. The number of aryl methyl sites for hydroxylation is 1. The molecule has 0 saturated heterocycles. The normalized spacial score (nSPS) is 15.7. The molecule has 0 aliphatic heterocycles. The van der Waals surface area contributed by atoms with Crippen LogP contribution in [0.25, 0.3) is 0 Å². The maximum absolute atomic E-state index is 12.0. The third-order valence-corrected chi connectivity index (χ3v) is 4.26. The monoisotopic (exact) mass is 263 g/mol. The second kappa shape index (κ2) is 5.55. The van der Waals surface area contributed by atoms with E-state index >= 15 is 0 Å². The van der Waals surface area contributed by atoms with Gasteiger partial charge in [0.05, 0.1) is 9.75 Å². The van der Waals surface area contributed by atoms with Gasteiger partial charge in [0.15, 0.2) is 0 Å². The fourth-order valence-electron chi connectivity index (χ4n) is 1.83. The van der Waals surface area contributed by atoms with E-state index in [0.717, 1.165) is 10.4 Å². The highest BCUT2D eigenvalue weighted by Gasteiger charge is 2.29. The number of aliphatic hydroxyl groups is 1. The van der Waals surface area contributed by atoms with Crippen LogP contribution in [0.5, 0.6) is 0 Å². The van der Waals surface area contributed by atoms with Gasteiger partial charge in [-0.15, -0.1) is 11.3 Å². The van der Waals surface area contributed by atoms with E-state index in [4.69, 9.17) is 5.11 Å². The molecule has 1 atom stereocenters. The number of nitrogens with one attached hydrogen (secondary N) is 1. The lowest BCUT2D eigenvalue weighted by molar-refractivity contribution is 0.0940. The lowest BCUT2D eigenvalue weighted by atomic mass is 10.2. The van der Waals surface area contributed by atoms with Gasteiger partial charge in [0.25, 0.3) is 5.91 Å². The summed E-state index contributed by atoms with van der Waals surface area (Å²) in [5.74, 6) is 6.12. The van der Waals surface area contributed by atoms with Crippen LogP contribution in [0, 0.1) is 24.7 Å². The Balaban J connectivity index is 2.05. The molecule has 1 aliphatic carbocycles. The Morgan fingerprint density at radius 3 is 3.00 bits per heavy atom. The van der Waals surface area contributed by atoms with Crippen LogP contribution in [0.2, 0.25) is 0 Å². The Morgan fingerprint density at radius 2 is 2.39 bits per heavy atom. The summed E-state index contributed by atoms with van der Waals surface area (Å²) in [5.41, 5.74) is 0.991. The van der Waals surface area contributed by atoms with Crippen LogP contribution in [0.15, 0.2) is 6.07 Å². The maximum atomic E-state index is 12.0. The molecule has 1 unspecified atom stereocenters. The number of carbonyl (C=O) groups is 1. The zero-order valence-electron chi connectivity index (χ0n) is 10.6. The number of amides is 1. The number of hydrogen-bond donors (Lipinski definition) is 2. The predicted octanol–water partition coefficient (Wildman–Crippen LogP) is 1.93. The molecule has 1 aliphatic rings. The summed E-state index contributed by atoms with van der Waals surface area (Å²) in [4.78, 5) is 13.6. The van der Waals surface area contributed by atoms with Crippen molar-refractivity contribution in [2.45, 2.75) is 32.7 Å². The Kier molecular flexibility index (Phi) is 4.05. The van der Waals surface area contributed by atoms with Crippen molar-refractivity contribution in [1.29, 1.82) is 0 Å². The first-order valence-corrected chi connectivity index (χ1v) is 6.94. The van der Waals surface area contributed by atoms with Crippen LogP contribution in [0.4, 0.5) is 0 Å². The van der Waals surface area contributed by atoms with Crippen LogP contribution in [-0.2, 0) is 0 Å². The Morgan fingerprint density at radius 1 is 1.67 bits per heavy atom. The second-order valence-electron chi connectivity index (χ2n) is 4.68. The summed E-state index contributed by atoms with van der Waals surface area (Å²) >= 11 is 1.38. The smallest absolute Gasteiger partial charge is 0.261 e. The van der Waals surface area contributed by atoms with E-state index in [-0.39, 0.29) is 18.6 Å². The highest BCUT2D eigenvalue weighted by molar-refractivity contribution is 7.14. The van der Waals surface area contributed by atoms with Crippen LogP contribution in [0.1, 0.15) is 39.9 Å². The molecular weight excluding hydrogens is 246 g/mol. The molecule has 3 nitrogen and oxygen atoms in total. The molecular formula is C14H17NO2S. The van der Waals surface area contributed by atoms with E-state index in [1.54, 1.807) is 0 Å². The van der Waals surface area contributed by atoms with Gasteiger partial charge in [-0.1, -0.05) is 11.8 Å². The first-order chi connectivity index (χ1) is 8.61. The van der Waals surface area contributed by atoms with E-state index in [1.807, 2.05) is 13.0 Å². The van der Waals surface area contributed by atoms with Gasteiger partial charge < -0.3 is 10.4 Å². The van der Waals surface area contributed by atoms with Crippen molar-refractivity contribution in [3.8, 4) is 11.8 Å². The fourth-order valence-corrected chi connectivity index (χ4v) is 2.78. The Hall–Kier alpha value is -1.31. The van der Waals surface area contributed by atoms with Crippen molar-refractivity contribution in [3.05, 3.63) is 21.4 Å². The number of aliphatic hydroxyl groups excluding tert-OH is 1. The highest BCUT2D eigenvalue weighted by Crippen LogP contribution is 2.32. The van der Waals surface area contributed by atoms with Gasteiger partial charge in [0, 0.05) is 6.04 Å². The molecule has 2 rings (SSSR count). The lowest BCUT2D eigenvalue weighted by Gasteiger charge is -2.11. The van der Waals surface area contributed by atoms with Crippen LogP contribution >= 0.6 is 11.3 Å². The minimum Gasteiger partial charge on any atom is -0.384 e. The second-order valence-corrected chi connectivity index (χ2v) is 5.73. The van der Waals surface area contributed by atoms with Gasteiger partial charge in [-0.2, -0.15) is 0 Å². The van der Waals surface area contributed by atoms with Gasteiger partial charge in [0.1, 0.15) is 6.61 Å². The maximum Gasteiger partial charge on any atom is 0.261 e. The van der Waals surface area contributed by atoms with Crippen molar-refractivity contribution >= 4 is 17.2 Å². The molecule has 0 spiro atoms. The van der Waals surface area contributed by atoms with E-state index < -0.39 is 0 Å². The fraction of sp³-hybridized carbons (Fsp3) is 0.500. The third-order valence-electron chi connectivity index (χ3n) is 3.11. The first-order valence-electron chi connectivity index (χ1n) is 6.13. The van der Waals surface area contributed by atoms with Crippen molar-refractivity contribution in [2.75, 3.05) is 6.61 Å². The lowest BCUT2D eigenvalue weighted by Crippen LogP contribution is -2.33. The van der Waals surface area contributed by atoms with Crippen molar-refractivity contribution < 1.29 is 9.90 Å². The van der Waals surface area contributed by atoms with Gasteiger partial charge in [-0.25, -0.2) is 0 Å². The zero-order chi connectivity index (χ0) is 13.1. The molecule has 0 radical (unpaired) electrons. The van der Waals surface area contributed by atoms with E-state index in [1.165, 1.54) is 24.2 Å². The molecule has 0 bridgehead atoms. The summed E-state index contributed by atoms with van der Waals surface area (Å²) in [6.07, 6.45) is 2.44. The standard InChI is InChI=1S/C14H17NO2S/c1-9-8-13(18-12(9)4-3-7-16)14(17)15-10(2)11-5-6-11/h8,10-11,16H,5-7H2,1-2H3,(H,15,17). The number of rotatable bonds is 3. The van der Waals surface area contributed by atoms with E-state index in [9.17, 15) is 4.79 Å². The van der Waals surface area contributed by atoms with E-state index in [2.05, 4.69) is 24.1 Å². The molecule has 18 heavy (non-hydrogen) atoms. The van der Waals surface area contributed by atoms with Gasteiger partial charge in [0.2, 0.25) is 0 Å². The summed E-state index contributed by atoms with van der Waals surface area (Å²) in [5, 5.41) is 11.7. The average molecular weight is 263 g/mol. The Labute approximate surface area is 111 Å². The van der Waals surface area contributed by atoms with Gasteiger partial charge in [-0.3, -0.25) is 4.79 Å². The van der Waals surface area contributed by atoms with Crippen molar-refractivity contribution in [2.24, 2.45) is 5.92 Å². The SMILES string of the molecule is Cc1cc(C(=O)NC(C)C2CC2)sc1C#CCO.